The molecule has 0 aliphatic carbocycles. The molecular formula is C17H23ClN2O4. The molecule has 1 N–H and O–H groups in total. The van der Waals surface area contributed by atoms with E-state index >= 15 is 0 Å². The zero-order chi connectivity index (χ0) is 17.5. The minimum absolute atomic E-state index is 0.0495. The molecule has 24 heavy (non-hydrogen) atoms. The van der Waals surface area contributed by atoms with Crippen molar-refractivity contribution < 1.29 is 19.1 Å². The van der Waals surface area contributed by atoms with Crippen LogP contribution in [0.4, 0.5) is 0 Å². The highest BCUT2D eigenvalue weighted by Gasteiger charge is 2.25. The summed E-state index contributed by atoms with van der Waals surface area (Å²) in [7, 11) is 1.55. The van der Waals surface area contributed by atoms with Gasteiger partial charge in [-0.25, -0.2) is 0 Å². The minimum Gasteiger partial charge on any atom is -0.493 e. The number of alkyl halides is 1. The van der Waals surface area contributed by atoms with E-state index in [-0.39, 0.29) is 24.5 Å². The zero-order valence-electron chi connectivity index (χ0n) is 14.0. The van der Waals surface area contributed by atoms with Crippen molar-refractivity contribution in [1.82, 2.24) is 10.2 Å². The maximum absolute atomic E-state index is 12.0. The molecule has 1 aliphatic rings. The predicted molar refractivity (Wildman–Crippen MR) is 91.5 cm³/mol. The number of benzene rings is 1. The maximum Gasteiger partial charge on any atom is 0.258 e. The molecule has 1 aromatic rings. The molecule has 1 atom stereocenters. The molecule has 0 saturated carbocycles. The number of rotatable bonds is 6. The van der Waals surface area contributed by atoms with Gasteiger partial charge < -0.3 is 19.7 Å². The molecule has 1 fully saturated rings. The van der Waals surface area contributed by atoms with E-state index in [0.29, 0.717) is 24.6 Å². The third-order valence-corrected chi connectivity index (χ3v) is 4.13. The number of likely N-dealkylation sites (tertiary alicyclic amines) is 1. The summed E-state index contributed by atoms with van der Waals surface area (Å²) in [4.78, 5) is 25.6. The highest BCUT2D eigenvalue weighted by Crippen LogP contribution is 2.25. The highest BCUT2D eigenvalue weighted by atomic mass is 35.5. The van der Waals surface area contributed by atoms with Gasteiger partial charge in [-0.3, -0.25) is 9.59 Å². The lowest BCUT2D eigenvalue weighted by Gasteiger charge is -2.33. The topological polar surface area (TPSA) is 67.9 Å². The number of hydrogen-bond donors (Lipinski definition) is 1. The van der Waals surface area contributed by atoms with Gasteiger partial charge in [0.25, 0.3) is 5.91 Å². The zero-order valence-corrected chi connectivity index (χ0v) is 14.7. The Labute approximate surface area is 147 Å². The lowest BCUT2D eigenvalue weighted by atomic mass is 10.0. The molecule has 1 saturated heterocycles. The molecule has 0 aromatic heterocycles. The smallest absolute Gasteiger partial charge is 0.258 e. The Hall–Kier alpha value is -1.95. The minimum atomic E-state index is -0.509. The fourth-order valence-corrected chi connectivity index (χ4v) is 2.78. The van der Waals surface area contributed by atoms with Gasteiger partial charge in [0.1, 0.15) is 5.38 Å². The van der Waals surface area contributed by atoms with Gasteiger partial charge in [-0.2, -0.15) is 0 Å². The second-order valence-corrected chi connectivity index (χ2v) is 6.38. The molecule has 2 rings (SSSR count). The van der Waals surface area contributed by atoms with Crippen LogP contribution < -0.4 is 14.8 Å². The molecule has 7 heteroatoms. The monoisotopic (exact) mass is 354 g/mol. The number of piperidine rings is 1. The van der Waals surface area contributed by atoms with Crippen molar-refractivity contribution in [3.05, 3.63) is 24.3 Å². The fourth-order valence-electron chi connectivity index (χ4n) is 2.65. The van der Waals surface area contributed by atoms with Crippen molar-refractivity contribution >= 4 is 23.4 Å². The second kappa shape index (κ2) is 8.78. The van der Waals surface area contributed by atoms with Crippen molar-refractivity contribution in [2.75, 3.05) is 26.8 Å². The lowest BCUT2D eigenvalue weighted by Crippen LogP contribution is -2.48. The highest BCUT2D eigenvalue weighted by molar-refractivity contribution is 6.30. The van der Waals surface area contributed by atoms with Gasteiger partial charge in [-0.1, -0.05) is 12.1 Å². The molecule has 2 amide bonds. The summed E-state index contributed by atoms with van der Waals surface area (Å²) >= 11 is 5.82. The van der Waals surface area contributed by atoms with Gasteiger partial charge in [0.2, 0.25) is 5.91 Å². The Balaban J connectivity index is 1.75. The number of hydrogen-bond acceptors (Lipinski definition) is 4. The third-order valence-electron chi connectivity index (χ3n) is 3.94. The quantitative estimate of drug-likeness (QED) is 0.791. The Bertz CT molecular complexity index is 571. The first-order chi connectivity index (χ1) is 11.5. The Morgan fingerprint density at radius 2 is 1.92 bits per heavy atom. The Kier molecular flexibility index (Phi) is 6.73. The number of carbonyl (C=O) groups is 2. The van der Waals surface area contributed by atoms with Crippen LogP contribution in [0.5, 0.6) is 11.5 Å². The molecule has 0 spiro atoms. The second-order valence-electron chi connectivity index (χ2n) is 5.72. The van der Waals surface area contributed by atoms with E-state index in [4.69, 9.17) is 21.1 Å². The van der Waals surface area contributed by atoms with Crippen molar-refractivity contribution in [2.45, 2.75) is 31.2 Å². The third kappa shape index (κ3) is 5.03. The number of ether oxygens (including phenoxy) is 2. The molecule has 1 unspecified atom stereocenters. The normalized spacial score (nSPS) is 16.4. The fraction of sp³-hybridized carbons (Fsp3) is 0.529. The van der Waals surface area contributed by atoms with E-state index in [1.165, 1.54) is 0 Å². The molecule has 1 aliphatic heterocycles. The molecule has 0 bridgehead atoms. The van der Waals surface area contributed by atoms with Crippen molar-refractivity contribution in [3.63, 3.8) is 0 Å². The number of nitrogens with zero attached hydrogens (tertiary/aromatic N) is 1. The average molecular weight is 355 g/mol. The lowest BCUT2D eigenvalue weighted by molar-refractivity contribution is -0.131. The average Bonchev–Trinajstić information content (AvgIpc) is 2.60. The van der Waals surface area contributed by atoms with E-state index in [1.54, 1.807) is 31.1 Å². The standard InChI is InChI=1S/C17H23ClN2O4/c1-12(18)17(22)20-9-7-13(8-10-20)19-16(21)11-24-15-6-4-3-5-14(15)23-2/h3-6,12-13H,7-11H2,1-2H3,(H,19,21). The van der Waals surface area contributed by atoms with Gasteiger partial charge >= 0.3 is 0 Å². The summed E-state index contributed by atoms with van der Waals surface area (Å²) in [6, 6.07) is 7.23. The van der Waals surface area contributed by atoms with Crippen LogP contribution >= 0.6 is 11.6 Å². The van der Waals surface area contributed by atoms with E-state index in [1.807, 2.05) is 12.1 Å². The van der Waals surface area contributed by atoms with Crippen LogP contribution in [0.15, 0.2) is 24.3 Å². The number of amides is 2. The Morgan fingerprint density at radius 3 is 2.50 bits per heavy atom. The van der Waals surface area contributed by atoms with Crippen LogP contribution in [0.25, 0.3) is 0 Å². The van der Waals surface area contributed by atoms with Gasteiger partial charge in [-0.05, 0) is 31.9 Å². The van der Waals surface area contributed by atoms with Crippen LogP contribution in [0.2, 0.25) is 0 Å². The summed E-state index contributed by atoms with van der Waals surface area (Å²) in [5.41, 5.74) is 0. The van der Waals surface area contributed by atoms with E-state index in [2.05, 4.69) is 5.32 Å². The van der Waals surface area contributed by atoms with Gasteiger partial charge in [0, 0.05) is 19.1 Å². The molecule has 1 aromatic carbocycles. The Morgan fingerprint density at radius 1 is 1.29 bits per heavy atom. The van der Waals surface area contributed by atoms with E-state index in [0.717, 1.165) is 12.8 Å². The number of carbonyl (C=O) groups excluding carboxylic acids is 2. The van der Waals surface area contributed by atoms with Gasteiger partial charge in [-0.15, -0.1) is 11.6 Å². The number of methoxy groups -OCH3 is 1. The summed E-state index contributed by atoms with van der Waals surface area (Å²) in [5.74, 6) is 0.885. The molecule has 1 heterocycles. The summed E-state index contributed by atoms with van der Waals surface area (Å²) in [6.07, 6.45) is 1.44. The summed E-state index contributed by atoms with van der Waals surface area (Å²) in [6.45, 7) is 2.81. The van der Waals surface area contributed by atoms with Crippen LogP contribution in [0.3, 0.4) is 0 Å². The van der Waals surface area contributed by atoms with Crippen LogP contribution in [-0.4, -0.2) is 54.9 Å². The van der Waals surface area contributed by atoms with Gasteiger partial charge in [0.15, 0.2) is 18.1 Å². The van der Waals surface area contributed by atoms with Gasteiger partial charge in [0.05, 0.1) is 7.11 Å². The summed E-state index contributed by atoms with van der Waals surface area (Å²) < 4.78 is 10.7. The van der Waals surface area contributed by atoms with Crippen molar-refractivity contribution in [2.24, 2.45) is 0 Å². The first kappa shape index (κ1) is 18.4. The number of nitrogens with one attached hydrogen (secondary N) is 1. The number of para-hydroxylation sites is 2. The van der Waals surface area contributed by atoms with Crippen LogP contribution in [0.1, 0.15) is 19.8 Å². The van der Waals surface area contributed by atoms with Crippen LogP contribution in [0, 0.1) is 0 Å². The predicted octanol–water partition coefficient (Wildman–Crippen LogP) is 1.81. The molecule has 132 valence electrons. The maximum atomic E-state index is 12.0. The summed E-state index contributed by atoms with van der Waals surface area (Å²) in [5, 5.41) is 2.43. The first-order valence-electron chi connectivity index (χ1n) is 7.99. The molecule has 0 radical (unpaired) electrons. The largest absolute Gasteiger partial charge is 0.493 e. The first-order valence-corrected chi connectivity index (χ1v) is 8.43. The molecular weight excluding hydrogens is 332 g/mol. The van der Waals surface area contributed by atoms with Crippen LogP contribution in [-0.2, 0) is 9.59 Å². The SMILES string of the molecule is COc1ccccc1OCC(=O)NC1CCN(C(=O)C(C)Cl)CC1. The van der Waals surface area contributed by atoms with Crippen molar-refractivity contribution in [3.8, 4) is 11.5 Å². The molecule has 6 nitrogen and oxygen atoms in total. The van der Waals surface area contributed by atoms with E-state index in [9.17, 15) is 9.59 Å². The number of halogens is 1. The van der Waals surface area contributed by atoms with E-state index < -0.39 is 5.38 Å². The van der Waals surface area contributed by atoms with Crippen molar-refractivity contribution in [1.29, 1.82) is 0 Å².